The summed E-state index contributed by atoms with van der Waals surface area (Å²) in [6.07, 6.45) is 2.56. The van der Waals surface area contributed by atoms with Crippen LogP contribution in [0.3, 0.4) is 0 Å². The Morgan fingerprint density at radius 2 is 1.81 bits per heavy atom. The smallest absolute Gasteiger partial charge is 0.253 e. The maximum absolute atomic E-state index is 13.0. The second kappa shape index (κ2) is 9.78. The third-order valence-corrected chi connectivity index (χ3v) is 5.42. The monoisotopic (exact) mass is 434 g/mol. The Labute approximate surface area is 167 Å². The van der Waals surface area contributed by atoms with Gasteiger partial charge in [-0.05, 0) is 65.5 Å². The Morgan fingerprint density at radius 3 is 2.42 bits per heavy atom. The number of aryl methyl sites for hydroxylation is 1. The number of thioether (sulfide) groups is 1. The maximum atomic E-state index is 13.0. The van der Waals surface area contributed by atoms with Crippen LogP contribution >= 0.6 is 27.7 Å². The standard InChI is InChI=1S/C20H23BrN2O2S/c1-14-8-10-15(11-9-14)23(2)20(25)18(12-13-26-3)22-19(24)16-6-4-5-7-17(16)21/h4-11,18H,12-13H2,1-3H3,(H,22,24). The van der Waals surface area contributed by atoms with E-state index in [9.17, 15) is 9.59 Å². The van der Waals surface area contributed by atoms with Crippen LogP contribution in [0.2, 0.25) is 0 Å². The molecule has 0 saturated heterocycles. The molecule has 0 radical (unpaired) electrons. The summed E-state index contributed by atoms with van der Waals surface area (Å²) in [7, 11) is 1.74. The molecule has 1 N–H and O–H groups in total. The summed E-state index contributed by atoms with van der Waals surface area (Å²) in [5.41, 5.74) is 2.47. The number of carbonyl (C=O) groups is 2. The first-order valence-electron chi connectivity index (χ1n) is 8.32. The Balaban J connectivity index is 2.17. The first kappa shape index (κ1) is 20.5. The van der Waals surface area contributed by atoms with E-state index in [1.165, 1.54) is 0 Å². The lowest BCUT2D eigenvalue weighted by Crippen LogP contribution is -2.48. The van der Waals surface area contributed by atoms with Gasteiger partial charge in [-0.2, -0.15) is 11.8 Å². The van der Waals surface area contributed by atoms with Crippen molar-refractivity contribution >= 4 is 45.2 Å². The number of likely N-dealkylation sites (N-methyl/N-ethyl adjacent to an activating group) is 1. The van der Waals surface area contributed by atoms with Crippen LogP contribution in [0.4, 0.5) is 5.69 Å². The van der Waals surface area contributed by atoms with E-state index in [-0.39, 0.29) is 11.8 Å². The van der Waals surface area contributed by atoms with Gasteiger partial charge in [0.15, 0.2) is 0 Å². The predicted molar refractivity (Wildman–Crippen MR) is 113 cm³/mol. The van der Waals surface area contributed by atoms with E-state index in [0.717, 1.165) is 17.0 Å². The van der Waals surface area contributed by atoms with Crippen LogP contribution in [0.25, 0.3) is 0 Å². The molecule has 4 nitrogen and oxygen atoms in total. The van der Waals surface area contributed by atoms with Crippen molar-refractivity contribution in [2.24, 2.45) is 0 Å². The summed E-state index contributed by atoms with van der Waals surface area (Å²) in [4.78, 5) is 27.2. The average molecular weight is 435 g/mol. The van der Waals surface area contributed by atoms with Crippen molar-refractivity contribution in [3.63, 3.8) is 0 Å². The van der Waals surface area contributed by atoms with Gasteiger partial charge in [0.2, 0.25) is 5.91 Å². The molecular weight excluding hydrogens is 412 g/mol. The van der Waals surface area contributed by atoms with Crippen LogP contribution in [-0.2, 0) is 4.79 Å². The number of halogens is 1. The highest BCUT2D eigenvalue weighted by Crippen LogP contribution is 2.18. The molecule has 2 rings (SSSR count). The Bertz CT molecular complexity index is 765. The van der Waals surface area contributed by atoms with Gasteiger partial charge in [-0.1, -0.05) is 29.8 Å². The summed E-state index contributed by atoms with van der Waals surface area (Å²) < 4.78 is 0.709. The van der Waals surface area contributed by atoms with Gasteiger partial charge in [0.1, 0.15) is 6.04 Å². The lowest BCUT2D eigenvalue weighted by molar-refractivity contribution is -0.120. The first-order chi connectivity index (χ1) is 12.4. The number of amides is 2. The molecule has 0 bridgehead atoms. The Morgan fingerprint density at radius 1 is 1.15 bits per heavy atom. The van der Waals surface area contributed by atoms with E-state index in [4.69, 9.17) is 0 Å². The third-order valence-electron chi connectivity index (χ3n) is 4.08. The van der Waals surface area contributed by atoms with Crippen molar-refractivity contribution in [1.82, 2.24) is 5.32 Å². The number of nitrogens with zero attached hydrogens (tertiary/aromatic N) is 1. The van der Waals surface area contributed by atoms with Crippen LogP contribution in [0.15, 0.2) is 53.0 Å². The average Bonchev–Trinajstić information content (AvgIpc) is 2.64. The van der Waals surface area contributed by atoms with Crippen LogP contribution in [0.1, 0.15) is 22.3 Å². The molecule has 2 aromatic rings. The predicted octanol–water partition coefficient (Wildman–Crippen LogP) is 4.27. The van der Waals surface area contributed by atoms with Crippen LogP contribution < -0.4 is 10.2 Å². The minimum Gasteiger partial charge on any atom is -0.340 e. The second-order valence-electron chi connectivity index (χ2n) is 6.02. The van der Waals surface area contributed by atoms with E-state index in [1.54, 1.807) is 35.8 Å². The van der Waals surface area contributed by atoms with Crippen LogP contribution in [0.5, 0.6) is 0 Å². The quantitative estimate of drug-likeness (QED) is 0.707. The number of hydrogen-bond acceptors (Lipinski definition) is 3. The lowest BCUT2D eigenvalue weighted by atomic mass is 10.1. The summed E-state index contributed by atoms with van der Waals surface area (Å²) in [5.74, 6) is 0.409. The van der Waals surface area contributed by atoms with Gasteiger partial charge in [0, 0.05) is 17.2 Å². The van der Waals surface area contributed by atoms with Gasteiger partial charge in [0.25, 0.3) is 5.91 Å². The molecular formula is C20H23BrN2O2S. The van der Waals surface area contributed by atoms with Gasteiger partial charge in [-0.15, -0.1) is 0 Å². The van der Waals surface area contributed by atoms with E-state index in [1.807, 2.05) is 49.6 Å². The van der Waals surface area contributed by atoms with E-state index in [2.05, 4.69) is 21.2 Å². The second-order valence-corrected chi connectivity index (χ2v) is 7.86. The molecule has 6 heteroatoms. The molecule has 1 atom stereocenters. The van der Waals surface area contributed by atoms with Crippen molar-refractivity contribution in [3.8, 4) is 0 Å². The van der Waals surface area contributed by atoms with E-state index < -0.39 is 6.04 Å². The highest BCUT2D eigenvalue weighted by Gasteiger charge is 2.25. The minimum atomic E-state index is -0.576. The topological polar surface area (TPSA) is 49.4 Å². The van der Waals surface area contributed by atoms with Gasteiger partial charge < -0.3 is 10.2 Å². The molecule has 0 aromatic heterocycles. The largest absolute Gasteiger partial charge is 0.340 e. The van der Waals surface area contributed by atoms with Crippen molar-refractivity contribution < 1.29 is 9.59 Å². The number of rotatable bonds is 7. The zero-order chi connectivity index (χ0) is 19.1. The summed E-state index contributed by atoms with van der Waals surface area (Å²) in [6.45, 7) is 2.00. The molecule has 0 spiro atoms. The fourth-order valence-corrected chi connectivity index (χ4v) is 3.44. The number of benzene rings is 2. The normalized spacial score (nSPS) is 11.7. The van der Waals surface area contributed by atoms with Gasteiger partial charge >= 0.3 is 0 Å². The molecule has 0 aliphatic rings. The fraction of sp³-hybridized carbons (Fsp3) is 0.300. The van der Waals surface area contributed by atoms with Crippen molar-refractivity contribution in [2.45, 2.75) is 19.4 Å². The highest BCUT2D eigenvalue weighted by atomic mass is 79.9. The molecule has 1 unspecified atom stereocenters. The molecule has 0 fully saturated rings. The van der Waals surface area contributed by atoms with E-state index >= 15 is 0 Å². The Hall–Kier alpha value is -1.79. The number of anilines is 1. The number of nitrogens with one attached hydrogen (secondary N) is 1. The van der Waals surface area contributed by atoms with Gasteiger partial charge in [-0.25, -0.2) is 0 Å². The lowest BCUT2D eigenvalue weighted by Gasteiger charge is -2.25. The summed E-state index contributed by atoms with van der Waals surface area (Å²) in [6, 6.07) is 14.4. The summed E-state index contributed by atoms with van der Waals surface area (Å²) in [5, 5.41) is 2.90. The molecule has 138 valence electrons. The first-order valence-corrected chi connectivity index (χ1v) is 10.5. The number of hydrogen-bond donors (Lipinski definition) is 1. The third kappa shape index (κ3) is 5.35. The SMILES string of the molecule is CSCCC(NC(=O)c1ccccc1Br)C(=O)N(C)c1ccc(C)cc1. The van der Waals surface area contributed by atoms with Crippen LogP contribution in [-0.4, -0.2) is 36.9 Å². The zero-order valence-electron chi connectivity index (χ0n) is 15.2. The molecule has 26 heavy (non-hydrogen) atoms. The van der Waals surface area contributed by atoms with Crippen molar-refractivity contribution in [2.75, 3.05) is 24.0 Å². The highest BCUT2D eigenvalue weighted by molar-refractivity contribution is 9.10. The minimum absolute atomic E-state index is 0.122. The summed E-state index contributed by atoms with van der Waals surface area (Å²) >= 11 is 5.04. The molecule has 0 heterocycles. The van der Waals surface area contributed by atoms with Crippen LogP contribution in [0, 0.1) is 6.92 Å². The fourth-order valence-electron chi connectivity index (χ4n) is 2.50. The van der Waals surface area contributed by atoms with Crippen molar-refractivity contribution in [3.05, 3.63) is 64.1 Å². The van der Waals surface area contributed by atoms with Gasteiger partial charge in [-0.3, -0.25) is 9.59 Å². The van der Waals surface area contributed by atoms with E-state index in [0.29, 0.717) is 16.5 Å². The zero-order valence-corrected chi connectivity index (χ0v) is 17.6. The molecule has 0 saturated carbocycles. The molecule has 0 aliphatic heterocycles. The van der Waals surface area contributed by atoms with Gasteiger partial charge in [0.05, 0.1) is 5.56 Å². The Kier molecular flexibility index (Phi) is 7.72. The molecule has 0 aliphatic carbocycles. The molecule has 2 amide bonds. The van der Waals surface area contributed by atoms with Crippen molar-refractivity contribution in [1.29, 1.82) is 0 Å². The molecule has 2 aromatic carbocycles. The maximum Gasteiger partial charge on any atom is 0.253 e. The number of carbonyl (C=O) groups excluding carboxylic acids is 2.